The SMILES string of the molecule is COc1cc(CO)cc(OCc2ccccc2)c1OC. The number of ether oxygens (including phenoxy) is 3. The predicted molar refractivity (Wildman–Crippen MR) is 76.2 cm³/mol. The number of aliphatic hydroxyl groups excluding tert-OH is 1. The zero-order valence-corrected chi connectivity index (χ0v) is 11.6. The fourth-order valence-corrected chi connectivity index (χ4v) is 1.92. The van der Waals surface area contributed by atoms with E-state index in [4.69, 9.17) is 14.2 Å². The topological polar surface area (TPSA) is 47.9 Å². The van der Waals surface area contributed by atoms with Crippen molar-refractivity contribution in [3.8, 4) is 17.2 Å². The van der Waals surface area contributed by atoms with Gasteiger partial charge in [-0.25, -0.2) is 0 Å². The monoisotopic (exact) mass is 274 g/mol. The zero-order chi connectivity index (χ0) is 14.4. The molecule has 2 aromatic carbocycles. The molecule has 0 aromatic heterocycles. The standard InChI is InChI=1S/C16H18O4/c1-18-14-8-13(10-17)9-15(16(14)19-2)20-11-12-6-4-3-5-7-12/h3-9,17H,10-11H2,1-2H3. The first kappa shape index (κ1) is 14.2. The third-order valence-corrected chi connectivity index (χ3v) is 2.92. The fourth-order valence-electron chi connectivity index (χ4n) is 1.92. The summed E-state index contributed by atoms with van der Waals surface area (Å²) in [5.41, 5.74) is 1.77. The Labute approximate surface area is 118 Å². The summed E-state index contributed by atoms with van der Waals surface area (Å²) in [5.74, 6) is 1.63. The lowest BCUT2D eigenvalue weighted by Crippen LogP contribution is -2.00. The summed E-state index contributed by atoms with van der Waals surface area (Å²) in [4.78, 5) is 0. The Morgan fingerprint density at radius 2 is 1.60 bits per heavy atom. The Morgan fingerprint density at radius 1 is 0.900 bits per heavy atom. The third-order valence-electron chi connectivity index (χ3n) is 2.92. The van der Waals surface area contributed by atoms with E-state index in [1.807, 2.05) is 30.3 Å². The minimum Gasteiger partial charge on any atom is -0.493 e. The van der Waals surface area contributed by atoms with Crippen LogP contribution in [0.3, 0.4) is 0 Å². The van der Waals surface area contributed by atoms with Gasteiger partial charge in [0, 0.05) is 0 Å². The molecular formula is C16H18O4. The van der Waals surface area contributed by atoms with Crippen LogP contribution in [-0.4, -0.2) is 19.3 Å². The fraction of sp³-hybridized carbons (Fsp3) is 0.250. The molecule has 0 amide bonds. The van der Waals surface area contributed by atoms with Crippen LogP contribution in [0.25, 0.3) is 0 Å². The molecule has 106 valence electrons. The van der Waals surface area contributed by atoms with Gasteiger partial charge in [-0.3, -0.25) is 0 Å². The molecule has 0 saturated heterocycles. The lowest BCUT2D eigenvalue weighted by Gasteiger charge is -2.15. The molecule has 2 aromatic rings. The van der Waals surface area contributed by atoms with Crippen LogP contribution in [-0.2, 0) is 13.2 Å². The quantitative estimate of drug-likeness (QED) is 0.880. The molecule has 0 radical (unpaired) electrons. The average molecular weight is 274 g/mol. The molecule has 2 rings (SSSR count). The summed E-state index contributed by atoms with van der Waals surface area (Å²) in [5, 5.41) is 9.28. The highest BCUT2D eigenvalue weighted by molar-refractivity contribution is 5.53. The summed E-state index contributed by atoms with van der Waals surface area (Å²) in [6.07, 6.45) is 0. The van der Waals surface area contributed by atoms with Gasteiger partial charge in [0.05, 0.1) is 20.8 Å². The largest absolute Gasteiger partial charge is 0.493 e. The molecule has 0 saturated carbocycles. The third kappa shape index (κ3) is 3.22. The smallest absolute Gasteiger partial charge is 0.203 e. The number of hydrogen-bond acceptors (Lipinski definition) is 4. The highest BCUT2D eigenvalue weighted by Crippen LogP contribution is 2.38. The van der Waals surface area contributed by atoms with Crippen LogP contribution in [0.5, 0.6) is 17.2 Å². The molecule has 4 heteroatoms. The Morgan fingerprint density at radius 3 is 2.20 bits per heavy atom. The first-order valence-corrected chi connectivity index (χ1v) is 6.31. The van der Waals surface area contributed by atoms with E-state index in [-0.39, 0.29) is 6.61 Å². The van der Waals surface area contributed by atoms with Crippen LogP contribution in [0.15, 0.2) is 42.5 Å². The lowest BCUT2D eigenvalue weighted by molar-refractivity contribution is 0.265. The molecule has 1 N–H and O–H groups in total. The highest BCUT2D eigenvalue weighted by Gasteiger charge is 2.13. The molecule has 0 unspecified atom stereocenters. The van der Waals surface area contributed by atoms with E-state index in [9.17, 15) is 5.11 Å². The molecule has 0 atom stereocenters. The van der Waals surface area contributed by atoms with Crippen molar-refractivity contribution < 1.29 is 19.3 Å². The second-order valence-corrected chi connectivity index (χ2v) is 4.26. The second-order valence-electron chi connectivity index (χ2n) is 4.26. The van der Waals surface area contributed by atoms with Crippen molar-refractivity contribution in [1.82, 2.24) is 0 Å². The van der Waals surface area contributed by atoms with E-state index < -0.39 is 0 Å². The molecule has 0 aliphatic carbocycles. The van der Waals surface area contributed by atoms with Gasteiger partial charge in [0.25, 0.3) is 0 Å². The molecule has 0 aliphatic heterocycles. The molecule has 0 fully saturated rings. The molecule has 0 aliphatic rings. The molecule has 0 spiro atoms. The molecule has 20 heavy (non-hydrogen) atoms. The Bertz CT molecular complexity index is 552. The van der Waals surface area contributed by atoms with Gasteiger partial charge in [-0.1, -0.05) is 30.3 Å². The van der Waals surface area contributed by atoms with E-state index in [1.54, 1.807) is 26.4 Å². The lowest BCUT2D eigenvalue weighted by atomic mass is 10.2. The molecular weight excluding hydrogens is 256 g/mol. The van der Waals surface area contributed by atoms with E-state index in [2.05, 4.69) is 0 Å². The Kier molecular flexibility index (Phi) is 4.85. The number of benzene rings is 2. The zero-order valence-electron chi connectivity index (χ0n) is 11.6. The normalized spacial score (nSPS) is 10.2. The van der Waals surface area contributed by atoms with Gasteiger partial charge in [-0.2, -0.15) is 0 Å². The number of hydrogen-bond donors (Lipinski definition) is 1. The van der Waals surface area contributed by atoms with E-state index in [0.29, 0.717) is 29.4 Å². The summed E-state index contributed by atoms with van der Waals surface area (Å²) in [6.45, 7) is 0.345. The van der Waals surface area contributed by atoms with E-state index in [0.717, 1.165) is 5.56 Å². The summed E-state index contributed by atoms with van der Waals surface area (Å²) in [6, 6.07) is 13.3. The van der Waals surface area contributed by atoms with Gasteiger partial charge in [-0.05, 0) is 23.3 Å². The summed E-state index contributed by atoms with van der Waals surface area (Å²) >= 11 is 0. The molecule has 4 nitrogen and oxygen atoms in total. The Balaban J connectivity index is 2.25. The van der Waals surface area contributed by atoms with Crippen molar-refractivity contribution in [2.24, 2.45) is 0 Å². The minimum atomic E-state index is -0.0813. The van der Waals surface area contributed by atoms with Crippen LogP contribution < -0.4 is 14.2 Å². The van der Waals surface area contributed by atoms with Crippen molar-refractivity contribution in [3.05, 3.63) is 53.6 Å². The molecule has 0 heterocycles. The van der Waals surface area contributed by atoms with Crippen LogP contribution >= 0.6 is 0 Å². The van der Waals surface area contributed by atoms with Crippen LogP contribution in [0, 0.1) is 0 Å². The van der Waals surface area contributed by atoms with Crippen molar-refractivity contribution in [2.45, 2.75) is 13.2 Å². The van der Waals surface area contributed by atoms with Crippen LogP contribution in [0.1, 0.15) is 11.1 Å². The van der Waals surface area contributed by atoms with E-state index >= 15 is 0 Å². The maximum atomic E-state index is 9.28. The first-order valence-electron chi connectivity index (χ1n) is 6.31. The van der Waals surface area contributed by atoms with Crippen molar-refractivity contribution >= 4 is 0 Å². The van der Waals surface area contributed by atoms with Gasteiger partial charge in [0.1, 0.15) is 6.61 Å². The highest BCUT2D eigenvalue weighted by atomic mass is 16.5. The van der Waals surface area contributed by atoms with Crippen LogP contribution in [0.2, 0.25) is 0 Å². The van der Waals surface area contributed by atoms with Gasteiger partial charge in [0.15, 0.2) is 11.5 Å². The maximum Gasteiger partial charge on any atom is 0.203 e. The summed E-state index contributed by atoms with van der Waals surface area (Å²) < 4.78 is 16.4. The van der Waals surface area contributed by atoms with Gasteiger partial charge in [0.2, 0.25) is 5.75 Å². The second kappa shape index (κ2) is 6.82. The van der Waals surface area contributed by atoms with Crippen molar-refractivity contribution in [3.63, 3.8) is 0 Å². The predicted octanol–water partition coefficient (Wildman–Crippen LogP) is 2.78. The number of aliphatic hydroxyl groups is 1. The molecule has 0 bridgehead atoms. The average Bonchev–Trinajstić information content (AvgIpc) is 2.52. The van der Waals surface area contributed by atoms with Gasteiger partial charge in [-0.15, -0.1) is 0 Å². The van der Waals surface area contributed by atoms with E-state index in [1.165, 1.54) is 0 Å². The van der Waals surface area contributed by atoms with Crippen LogP contribution in [0.4, 0.5) is 0 Å². The first-order chi connectivity index (χ1) is 9.78. The van der Waals surface area contributed by atoms with Gasteiger partial charge < -0.3 is 19.3 Å². The minimum absolute atomic E-state index is 0.0813. The number of methoxy groups -OCH3 is 2. The maximum absolute atomic E-state index is 9.28. The summed E-state index contributed by atoms with van der Waals surface area (Å²) in [7, 11) is 3.12. The van der Waals surface area contributed by atoms with Gasteiger partial charge >= 0.3 is 0 Å². The van der Waals surface area contributed by atoms with Crippen molar-refractivity contribution in [1.29, 1.82) is 0 Å². The Hall–Kier alpha value is -2.20. The number of rotatable bonds is 6. The van der Waals surface area contributed by atoms with Crippen molar-refractivity contribution in [2.75, 3.05) is 14.2 Å².